The number of halogens is 3. The summed E-state index contributed by atoms with van der Waals surface area (Å²) in [4.78, 5) is 14.4. The Hall–Kier alpha value is 0.0400. The molecule has 18 heavy (non-hydrogen) atoms. The van der Waals surface area contributed by atoms with Gasteiger partial charge in [0.15, 0.2) is 0 Å². The summed E-state index contributed by atoms with van der Waals surface area (Å²) in [7, 11) is 0. The normalized spacial score (nSPS) is 22.3. The van der Waals surface area contributed by atoms with E-state index < -0.39 is 3.79 Å². The standard InChI is InChI=1S/C12H16Cl3NO2/c13-12(14,15)11(17)9-3-1-2-4-10(9)16-5-7-18-8-6-16/h1-8H2. The minimum Gasteiger partial charge on any atom is -0.378 e. The molecule has 0 atom stereocenters. The Morgan fingerprint density at radius 2 is 1.72 bits per heavy atom. The van der Waals surface area contributed by atoms with Crippen LogP contribution in [0.25, 0.3) is 0 Å². The lowest BCUT2D eigenvalue weighted by molar-refractivity contribution is -0.115. The van der Waals surface area contributed by atoms with E-state index in [-0.39, 0.29) is 5.78 Å². The molecular weight excluding hydrogens is 296 g/mol. The van der Waals surface area contributed by atoms with Crippen LogP contribution in [0.15, 0.2) is 11.3 Å². The Bertz CT molecular complexity index is 357. The van der Waals surface area contributed by atoms with Crippen LogP contribution in [0.5, 0.6) is 0 Å². The molecule has 3 nitrogen and oxygen atoms in total. The third-order valence-corrected chi connectivity index (χ3v) is 3.88. The van der Waals surface area contributed by atoms with Crippen LogP contribution in [-0.2, 0) is 9.53 Å². The number of hydrogen-bond donors (Lipinski definition) is 0. The molecule has 1 aliphatic heterocycles. The Balaban J connectivity index is 2.25. The maximum absolute atomic E-state index is 12.2. The van der Waals surface area contributed by atoms with E-state index in [2.05, 4.69) is 4.90 Å². The summed E-state index contributed by atoms with van der Waals surface area (Å²) < 4.78 is 3.48. The molecule has 1 heterocycles. The number of carbonyl (C=O) groups excluding carboxylic acids is 1. The molecule has 0 aromatic rings. The van der Waals surface area contributed by atoms with E-state index >= 15 is 0 Å². The van der Waals surface area contributed by atoms with E-state index in [4.69, 9.17) is 39.5 Å². The van der Waals surface area contributed by atoms with Gasteiger partial charge in [0.05, 0.1) is 13.2 Å². The monoisotopic (exact) mass is 311 g/mol. The van der Waals surface area contributed by atoms with Crippen molar-refractivity contribution < 1.29 is 9.53 Å². The van der Waals surface area contributed by atoms with Gasteiger partial charge in [-0.25, -0.2) is 0 Å². The number of morpholine rings is 1. The average Bonchev–Trinajstić information content (AvgIpc) is 2.38. The lowest BCUT2D eigenvalue weighted by atomic mass is 9.92. The van der Waals surface area contributed by atoms with Gasteiger partial charge in [-0.3, -0.25) is 4.79 Å². The minimum atomic E-state index is -1.84. The predicted octanol–water partition coefficient (Wildman–Crippen LogP) is 3.09. The smallest absolute Gasteiger partial charge is 0.253 e. The number of ketones is 1. The van der Waals surface area contributed by atoms with E-state index in [9.17, 15) is 4.79 Å². The lowest BCUT2D eigenvalue weighted by Gasteiger charge is -2.35. The molecule has 0 N–H and O–H groups in total. The van der Waals surface area contributed by atoms with Gasteiger partial charge >= 0.3 is 0 Å². The van der Waals surface area contributed by atoms with Crippen LogP contribution in [0, 0.1) is 0 Å². The van der Waals surface area contributed by atoms with Crippen molar-refractivity contribution in [3.63, 3.8) is 0 Å². The van der Waals surface area contributed by atoms with Crippen molar-refractivity contribution in [2.45, 2.75) is 29.5 Å². The van der Waals surface area contributed by atoms with Crippen LogP contribution < -0.4 is 0 Å². The maximum Gasteiger partial charge on any atom is 0.253 e. The highest BCUT2D eigenvalue weighted by molar-refractivity contribution is 6.77. The van der Waals surface area contributed by atoms with Crippen LogP contribution in [0.1, 0.15) is 25.7 Å². The topological polar surface area (TPSA) is 29.5 Å². The first kappa shape index (κ1) is 14.4. The van der Waals surface area contributed by atoms with E-state index in [0.29, 0.717) is 25.2 Å². The summed E-state index contributed by atoms with van der Waals surface area (Å²) in [6.07, 6.45) is 3.67. The summed E-state index contributed by atoms with van der Waals surface area (Å²) in [5.41, 5.74) is 1.75. The molecule has 2 aliphatic rings. The average molecular weight is 313 g/mol. The van der Waals surface area contributed by atoms with Gasteiger partial charge in [0.1, 0.15) is 0 Å². The Morgan fingerprint density at radius 1 is 1.11 bits per heavy atom. The van der Waals surface area contributed by atoms with Crippen molar-refractivity contribution in [2.75, 3.05) is 26.3 Å². The molecule has 6 heteroatoms. The molecule has 0 amide bonds. The van der Waals surface area contributed by atoms with Gasteiger partial charge in [-0.05, 0) is 25.7 Å². The van der Waals surface area contributed by atoms with Gasteiger partial charge in [-0.1, -0.05) is 34.8 Å². The van der Waals surface area contributed by atoms with Gasteiger partial charge in [-0.15, -0.1) is 0 Å². The zero-order valence-electron chi connectivity index (χ0n) is 10.1. The summed E-state index contributed by atoms with van der Waals surface area (Å²) in [6, 6.07) is 0. The second-order valence-electron chi connectivity index (χ2n) is 4.56. The molecule has 1 fully saturated rings. The van der Waals surface area contributed by atoms with Crippen molar-refractivity contribution in [3.8, 4) is 0 Å². The Morgan fingerprint density at radius 3 is 2.33 bits per heavy atom. The zero-order chi connectivity index (χ0) is 13.2. The molecule has 0 aromatic carbocycles. The van der Waals surface area contributed by atoms with Crippen molar-refractivity contribution in [1.82, 2.24) is 4.90 Å². The van der Waals surface area contributed by atoms with Gasteiger partial charge < -0.3 is 9.64 Å². The van der Waals surface area contributed by atoms with Crippen molar-refractivity contribution in [1.29, 1.82) is 0 Å². The number of rotatable bonds is 2. The summed E-state index contributed by atoms with van der Waals surface area (Å²) in [5, 5.41) is 0. The number of alkyl halides is 3. The molecule has 0 unspecified atom stereocenters. The largest absolute Gasteiger partial charge is 0.378 e. The van der Waals surface area contributed by atoms with E-state index in [1.807, 2.05) is 0 Å². The number of nitrogens with zero attached hydrogens (tertiary/aromatic N) is 1. The van der Waals surface area contributed by atoms with Gasteiger partial charge in [0.25, 0.3) is 3.79 Å². The van der Waals surface area contributed by atoms with Crippen molar-refractivity contribution in [3.05, 3.63) is 11.3 Å². The molecule has 102 valence electrons. The Kier molecular flexibility index (Phi) is 4.81. The predicted molar refractivity (Wildman–Crippen MR) is 73.2 cm³/mol. The van der Waals surface area contributed by atoms with E-state index in [1.54, 1.807) is 0 Å². The summed E-state index contributed by atoms with van der Waals surface area (Å²) >= 11 is 17.2. The number of carbonyl (C=O) groups is 1. The number of allylic oxidation sites excluding steroid dienone is 2. The fourth-order valence-corrected chi connectivity index (χ4v) is 2.83. The SMILES string of the molecule is O=C(C1=C(N2CCOCC2)CCCC1)C(Cl)(Cl)Cl. The molecule has 1 aliphatic carbocycles. The van der Waals surface area contributed by atoms with E-state index in [0.717, 1.165) is 38.0 Å². The number of Topliss-reactive ketones (excluding diaryl/α,β-unsaturated/α-hetero) is 1. The highest BCUT2D eigenvalue weighted by atomic mass is 35.6. The zero-order valence-corrected chi connectivity index (χ0v) is 12.3. The number of hydrogen-bond acceptors (Lipinski definition) is 3. The maximum atomic E-state index is 12.2. The first-order valence-corrected chi connectivity index (χ1v) is 7.30. The molecule has 0 saturated carbocycles. The van der Waals surface area contributed by atoms with Gasteiger partial charge in [0, 0.05) is 24.4 Å². The van der Waals surface area contributed by atoms with Crippen molar-refractivity contribution in [2.24, 2.45) is 0 Å². The highest BCUT2D eigenvalue weighted by Crippen LogP contribution is 2.36. The van der Waals surface area contributed by atoms with Crippen LogP contribution >= 0.6 is 34.8 Å². The summed E-state index contributed by atoms with van der Waals surface area (Å²) in [6.45, 7) is 3.01. The minimum absolute atomic E-state index is 0.367. The lowest BCUT2D eigenvalue weighted by Crippen LogP contribution is -2.38. The fourth-order valence-electron chi connectivity index (χ4n) is 2.49. The van der Waals surface area contributed by atoms with Crippen LogP contribution in [0.4, 0.5) is 0 Å². The van der Waals surface area contributed by atoms with Crippen LogP contribution in [0.3, 0.4) is 0 Å². The molecule has 0 aromatic heterocycles. The third kappa shape index (κ3) is 3.32. The summed E-state index contributed by atoms with van der Waals surface area (Å²) in [5.74, 6) is -0.367. The van der Waals surface area contributed by atoms with Crippen LogP contribution in [0.2, 0.25) is 0 Å². The molecule has 0 bridgehead atoms. The molecule has 0 radical (unpaired) electrons. The second-order valence-corrected chi connectivity index (χ2v) is 6.84. The molecule has 1 saturated heterocycles. The third-order valence-electron chi connectivity index (χ3n) is 3.36. The molecule has 0 spiro atoms. The van der Waals surface area contributed by atoms with Gasteiger partial charge in [0.2, 0.25) is 5.78 Å². The van der Waals surface area contributed by atoms with Crippen molar-refractivity contribution >= 4 is 40.6 Å². The quantitative estimate of drug-likeness (QED) is 0.734. The molecular formula is C12H16Cl3NO2. The number of ether oxygens (including phenoxy) is 1. The van der Waals surface area contributed by atoms with Crippen LogP contribution in [-0.4, -0.2) is 40.8 Å². The second kappa shape index (κ2) is 6.00. The Labute approximate surface area is 122 Å². The van der Waals surface area contributed by atoms with E-state index in [1.165, 1.54) is 0 Å². The first-order valence-electron chi connectivity index (χ1n) is 6.16. The fraction of sp³-hybridized carbons (Fsp3) is 0.750. The highest BCUT2D eigenvalue weighted by Gasteiger charge is 2.36. The van der Waals surface area contributed by atoms with Gasteiger partial charge in [-0.2, -0.15) is 0 Å². The first-order chi connectivity index (χ1) is 8.50. The molecule has 2 rings (SSSR count).